The van der Waals surface area contributed by atoms with Crippen molar-refractivity contribution in [2.75, 3.05) is 6.61 Å². The summed E-state index contributed by atoms with van der Waals surface area (Å²) in [4.78, 5) is 15.8. The summed E-state index contributed by atoms with van der Waals surface area (Å²) < 4.78 is 25.7. The number of nitrogens with zero attached hydrogens (tertiary/aromatic N) is 1. The molecule has 2 fully saturated rings. The molecule has 0 spiro atoms. The molecule has 36 heavy (non-hydrogen) atoms. The fourth-order valence-electron chi connectivity index (χ4n) is 4.59. The van der Waals surface area contributed by atoms with Crippen molar-refractivity contribution in [3.05, 3.63) is 71.8 Å². The Morgan fingerprint density at radius 3 is 2.11 bits per heavy atom. The standard InChI is InChI=1S/C29H41NO5Si/c1-28(2,3)36(6,7)33-20-23-24(32-19-22-16-12-9-13-17-22)25-26(35-29(4,5)34-25)27(31)30(23)18-21-14-10-8-11-15-21/h8-17,23-26H,18-20H2,1-7H3/t23-,24-,25+,26+/m0/s1. The number of hydrogen-bond acceptors (Lipinski definition) is 5. The second-order valence-corrected chi connectivity index (χ2v) is 16.7. The number of carbonyl (C=O) groups is 1. The molecule has 4 rings (SSSR count). The number of amides is 1. The van der Waals surface area contributed by atoms with Gasteiger partial charge in [-0.25, -0.2) is 0 Å². The van der Waals surface area contributed by atoms with Gasteiger partial charge in [0, 0.05) is 6.54 Å². The Labute approximate surface area is 217 Å². The molecular weight excluding hydrogens is 470 g/mol. The monoisotopic (exact) mass is 511 g/mol. The molecule has 0 radical (unpaired) electrons. The Hall–Kier alpha value is -2.03. The first-order valence-electron chi connectivity index (χ1n) is 12.9. The highest BCUT2D eigenvalue weighted by molar-refractivity contribution is 6.74. The first-order chi connectivity index (χ1) is 16.9. The van der Waals surface area contributed by atoms with Gasteiger partial charge in [-0.05, 0) is 43.1 Å². The maximum Gasteiger partial charge on any atom is 0.255 e. The molecule has 2 saturated heterocycles. The van der Waals surface area contributed by atoms with Crippen molar-refractivity contribution in [3.63, 3.8) is 0 Å². The zero-order chi connectivity index (χ0) is 26.1. The predicted molar refractivity (Wildman–Crippen MR) is 143 cm³/mol. The minimum Gasteiger partial charge on any atom is -0.415 e. The third-order valence-corrected chi connectivity index (χ3v) is 12.2. The van der Waals surface area contributed by atoms with E-state index in [9.17, 15) is 4.79 Å². The summed E-state index contributed by atoms with van der Waals surface area (Å²) >= 11 is 0. The van der Waals surface area contributed by atoms with Gasteiger partial charge >= 0.3 is 0 Å². The molecule has 0 unspecified atom stereocenters. The second-order valence-electron chi connectivity index (χ2n) is 11.9. The summed E-state index contributed by atoms with van der Waals surface area (Å²) in [7, 11) is -2.08. The van der Waals surface area contributed by atoms with Gasteiger partial charge in [0.2, 0.25) is 0 Å². The summed E-state index contributed by atoms with van der Waals surface area (Å²) in [6, 6.07) is 19.8. The van der Waals surface area contributed by atoms with Crippen LogP contribution in [0, 0.1) is 0 Å². The summed E-state index contributed by atoms with van der Waals surface area (Å²) in [5, 5.41) is 0.0494. The van der Waals surface area contributed by atoms with Gasteiger partial charge in [0.15, 0.2) is 20.2 Å². The number of carbonyl (C=O) groups excluding carboxylic acids is 1. The van der Waals surface area contributed by atoms with Crippen LogP contribution in [0.4, 0.5) is 0 Å². The smallest absolute Gasteiger partial charge is 0.255 e. The number of benzene rings is 2. The fraction of sp³-hybridized carbons (Fsp3) is 0.552. The number of fused-ring (bicyclic) bond motifs is 1. The lowest BCUT2D eigenvalue weighted by atomic mass is 9.92. The van der Waals surface area contributed by atoms with E-state index in [0.717, 1.165) is 11.1 Å². The molecule has 4 atom stereocenters. The zero-order valence-corrected chi connectivity index (χ0v) is 23.7. The molecule has 196 valence electrons. The lowest BCUT2D eigenvalue weighted by molar-refractivity contribution is -0.173. The molecule has 6 nitrogen and oxygen atoms in total. The molecule has 0 aromatic heterocycles. The highest BCUT2D eigenvalue weighted by Crippen LogP contribution is 2.40. The van der Waals surface area contributed by atoms with Crippen LogP contribution < -0.4 is 0 Å². The minimum absolute atomic E-state index is 0.0494. The van der Waals surface area contributed by atoms with Crippen LogP contribution in [0.5, 0.6) is 0 Å². The zero-order valence-electron chi connectivity index (χ0n) is 22.7. The van der Waals surface area contributed by atoms with E-state index in [-0.39, 0.29) is 17.0 Å². The molecule has 1 amide bonds. The second kappa shape index (κ2) is 10.4. The van der Waals surface area contributed by atoms with E-state index in [1.807, 2.05) is 79.4 Å². The van der Waals surface area contributed by atoms with Gasteiger partial charge in [0.05, 0.1) is 19.3 Å². The van der Waals surface area contributed by atoms with E-state index in [1.165, 1.54) is 0 Å². The van der Waals surface area contributed by atoms with Crippen LogP contribution in [-0.2, 0) is 36.6 Å². The maximum atomic E-state index is 13.9. The first kappa shape index (κ1) is 27.0. The lowest BCUT2D eigenvalue weighted by Gasteiger charge is -2.46. The molecule has 0 N–H and O–H groups in total. The van der Waals surface area contributed by atoms with Crippen molar-refractivity contribution >= 4 is 14.2 Å². The Morgan fingerprint density at radius 2 is 1.53 bits per heavy atom. The third kappa shape index (κ3) is 5.92. The van der Waals surface area contributed by atoms with E-state index in [1.54, 1.807) is 0 Å². The maximum absolute atomic E-state index is 13.9. The molecule has 2 aliphatic rings. The average molecular weight is 512 g/mol. The van der Waals surface area contributed by atoms with Crippen molar-refractivity contribution < 1.29 is 23.4 Å². The third-order valence-electron chi connectivity index (χ3n) is 7.66. The first-order valence-corrected chi connectivity index (χ1v) is 15.8. The van der Waals surface area contributed by atoms with Gasteiger partial charge in [-0.2, -0.15) is 0 Å². The van der Waals surface area contributed by atoms with Gasteiger partial charge in [0.1, 0.15) is 12.2 Å². The SMILES string of the molecule is CC1(C)O[C@@H]2[C@@H](OCc3ccccc3)[C@H](CO[Si](C)(C)C(C)(C)C)N(Cc3ccccc3)C(=O)[C@@H]2O1. The molecule has 0 bridgehead atoms. The van der Waals surface area contributed by atoms with Crippen molar-refractivity contribution in [1.29, 1.82) is 0 Å². The lowest BCUT2D eigenvalue weighted by Crippen LogP contribution is -2.65. The van der Waals surface area contributed by atoms with Crippen LogP contribution >= 0.6 is 0 Å². The van der Waals surface area contributed by atoms with E-state index in [4.69, 9.17) is 18.6 Å². The van der Waals surface area contributed by atoms with Gasteiger partial charge < -0.3 is 23.5 Å². The van der Waals surface area contributed by atoms with Crippen LogP contribution in [0.25, 0.3) is 0 Å². The van der Waals surface area contributed by atoms with Gasteiger partial charge in [-0.15, -0.1) is 0 Å². The van der Waals surface area contributed by atoms with E-state index >= 15 is 0 Å². The number of ether oxygens (including phenoxy) is 3. The molecule has 0 aliphatic carbocycles. The van der Waals surface area contributed by atoms with Crippen molar-refractivity contribution in [2.45, 2.75) is 96.0 Å². The summed E-state index contributed by atoms with van der Waals surface area (Å²) in [6.07, 6.45) is -1.62. The highest BCUT2D eigenvalue weighted by Gasteiger charge is 2.58. The van der Waals surface area contributed by atoms with Crippen molar-refractivity contribution in [3.8, 4) is 0 Å². The van der Waals surface area contributed by atoms with Gasteiger partial charge in [0.25, 0.3) is 5.91 Å². The van der Waals surface area contributed by atoms with Gasteiger partial charge in [-0.1, -0.05) is 81.4 Å². The van der Waals surface area contributed by atoms with Crippen LogP contribution in [-0.4, -0.2) is 55.9 Å². The molecule has 7 heteroatoms. The number of hydrogen-bond donors (Lipinski definition) is 0. The van der Waals surface area contributed by atoms with E-state index in [2.05, 4.69) is 33.9 Å². The van der Waals surface area contributed by atoms with Gasteiger partial charge in [-0.3, -0.25) is 4.79 Å². The largest absolute Gasteiger partial charge is 0.415 e. The molecule has 2 aromatic carbocycles. The summed E-state index contributed by atoms with van der Waals surface area (Å²) in [6.45, 7) is 16.1. The predicted octanol–water partition coefficient (Wildman–Crippen LogP) is 5.52. The van der Waals surface area contributed by atoms with Crippen LogP contribution in [0.3, 0.4) is 0 Å². The van der Waals surface area contributed by atoms with Crippen LogP contribution in [0.2, 0.25) is 18.1 Å². The highest BCUT2D eigenvalue weighted by atomic mass is 28.4. The fourth-order valence-corrected chi connectivity index (χ4v) is 5.61. The van der Waals surface area contributed by atoms with Crippen molar-refractivity contribution in [1.82, 2.24) is 4.90 Å². The normalized spacial score (nSPS) is 26.2. The Kier molecular flexibility index (Phi) is 7.79. The molecule has 2 aromatic rings. The minimum atomic E-state index is -2.08. The quantitative estimate of drug-likeness (QED) is 0.437. The summed E-state index contributed by atoms with van der Waals surface area (Å²) in [5.74, 6) is -0.940. The van der Waals surface area contributed by atoms with Crippen molar-refractivity contribution in [2.24, 2.45) is 0 Å². The summed E-state index contributed by atoms with van der Waals surface area (Å²) in [5.41, 5.74) is 2.13. The number of likely N-dealkylation sites (tertiary alicyclic amines) is 1. The average Bonchev–Trinajstić information content (AvgIpc) is 3.15. The number of rotatable bonds is 8. The molecular formula is C29H41NO5Si. The molecule has 0 saturated carbocycles. The molecule has 2 heterocycles. The van der Waals surface area contributed by atoms with E-state index in [0.29, 0.717) is 19.8 Å². The topological polar surface area (TPSA) is 57.2 Å². The van der Waals surface area contributed by atoms with Crippen LogP contribution in [0.1, 0.15) is 45.7 Å². The Morgan fingerprint density at radius 1 is 0.944 bits per heavy atom. The van der Waals surface area contributed by atoms with Crippen LogP contribution in [0.15, 0.2) is 60.7 Å². The van der Waals surface area contributed by atoms with E-state index < -0.39 is 32.4 Å². The Bertz CT molecular complexity index is 1020. The number of piperidine rings is 1. The Balaban J connectivity index is 1.68. The molecule has 2 aliphatic heterocycles.